The van der Waals surface area contributed by atoms with Crippen LogP contribution < -0.4 is 10.9 Å². The molecular formula is C17H20N3OS+. The summed E-state index contributed by atoms with van der Waals surface area (Å²) in [5.41, 5.74) is 2.15. The van der Waals surface area contributed by atoms with Crippen molar-refractivity contribution >= 4 is 16.3 Å². The number of hydrogen-bond acceptors (Lipinski definition) is 3. The summed E-state index contributed by atoms with van der Waals surface area (Å²) >= 11 is 1.49. The molecule has 0 saturated carbocycles. The van der Waals surface area contributed by atoms with Gasteiger partial charge in [-0.2, -0.15) is 0 Å². The number of rotatable bonds is 5. The monoisotopic (exact) mass is 314 g/mol. The lowest BCUT2D eigenvalue weighted by molar-refractivity contribution is -0.717. The zero-order chi connectivity index (χ0) is 15.5. The highest BCUT2D eigenvalue weighted by Gasteiger charge is 2.19. The summed E-state index contributed by atoms with van der Waals surface area (Å²) in [4.78, 5) is 17.4. The Labute approximate surface area is 133 Å². The van der Waals surface area contributed by atoms with Crippen LogP contribution in [0.4, 0.5) is 0 Å². The van der Waals surface area contributed by atoms with E-state index in [4.69, 9.17) is 0 Å². The fourth-order valence-electron chi connectivity index (χ4n) is 2.71. The first kappa shape index (κ1) is 14.9. The summed E-state index contributed by atoms with van der Waals surface area (Å²) in [7, 11) is 0. The van der Waals surface area contributed by atoms with Crippen molar-refractivity contribution in [2.24, 2.45) is 5.92 Å². The van der Waals surface area contributed by atoms with Gasteiger partial charge in [-0.05, 0) is 0 Å². The fraction of sp³-hybridized carbons (Fsp3) is 0.294. The van der Waals surface area contributed by atoms with E-state index in [1.165, 1.54) is 16.9 Å². The van der Waals surface area contributed by atoms with Crippen molar-refractivity contribution in [3.63, 3.8) is 0 Å². The molecular weight excluding hydrogens is 294 g/mol. The van der Waals surface area contributed by atoms with Gasteiger partial charge in [0.15, 0.2) is 4.96 Å². The quantitative estimate of drug-likeness (QED) is 0.785. The minimum absolute atomic E-state index is 0.00421. The molecule has 0 aliphatic carbocycles. The van der Waals surface area contributed by atoms with Crippen molar-refractivity contribution in [1.29, 1.82) is 0 Å². The maximum Gasteiger partial charge on any atom is 0.258 e. The van der Waals surface area contributed by atoms with Crippen LogP contribution in [0.15, 0.2) is 52.8 Å². The Hall–Kier alpha value is -1.98. The second-order valence-electron chi connectivity index (χ2n) is 5.76. The predicted octanol–water partition coefficient (Wildman–Crippen LogP) is 2.22. The second kappa shape index (κ2) is 6.42. The molecule has 2 aromatic heterocycles. The third-order valence-corrected chi connectivity index (χ3v) is 4.60. The number of nitrogens with two attached hydrogens (primary N) is 1. The molecule has 2 N–H and O–H groups in total. The minimum Gasteiger partial charge on any atom is -0.335 e. The topological polar surface area (TPSA) is 51.0 Å². The van der Waals surface area contributed by atoms with Crippen molar-refractivity contribution in [1.82, 2.24) is 9.38 Å². The molecule has 114 valence electrons. The number of nitrogens with zero attached hydrogens (tertiary/aromatic N) is 2. The van der Waals surface area contributed by atoms with Gasteiger partial charge in [-0.3, -0.25) is 9.20 Å². The van der Waals surface area contributed by atoms with Gasteiger partial charge in [-0.1, -0.05) is 44.2 Å². The van der Waals surface area contributed by atoms with E-state index in [-0.39, 0.29) is 5.56 Å². The second-order valence-corrected chi connectivity index (χ2v) is 6.63. The van der Waals surface area contributed by atoms with E-state index in [0.717, 1.165) is 10.7 Å². The van der Waals surface area contributed by atoms with Crippen molar-refractivity contribution in [2.45, 2.75) is 26.4 Å². The van der Waals surface area contributed by atoms with Gasteiger partial charge in [0.05, 0.1) is 0 Å². The molecule has 0 radical (unpaired) electrons. The Kier molecular flexibility index (Phi) is 4.36. The van der Waals surface area contributed by atoms with E-state index in [2.05, 4.69) is 48.4 Å². The van der Waals surface area contributed by atoms with Crippen LogP contribution in [0.2, 0.25) is 0 Å². The van der Waals surface area contributed by atoms with Crippen LogP contribution in [-0.2, 0) is 6.54 Å². The summed E-state index contributed by atoms with van der Waals surface area (Å²) in [5, 5.41) is 4.16. The largest absolute Gasteiger partial charge is 0.335 e. The third kappa shape index (κ3) is 3.10. The molecule has 0 aliphatic heterocycles. The van der Waals surface area contributed by atoms with Gasteiger partial charge >= 0.3 is 0 Å². The van der Waals surface area contributed by atoms with Crippen LogP contribution in [0, 0.1) is 5.92 Å². The first-order chi connectivity index (χ1) is 10.6. The molecule has 0 saturated heterocycles. The van der Waals surface area contributed by atoms with E-state index >= 15 is 0 Å². The van der Waals surface area contributed by atoms with Crippen molar-refractivity contribution < 1.29 is 5.32 Å². The average molecular weight is 314 g/mol. The normalized spacial score (nSPS) is 12.9. The fourth-order valence-corrected chi connectivity index (χ4v) is 3.45. The van der Waals surface area contributed by atoms with Crippen LogP contribution in [0.25, 0.3) is 4.96 Å². The summed E-state index contributed by atoms with van der Waals surface area (Å²) in [5.74, 6) is 0.508. The van der Waals surface area contributed by atoms with Crippen molar-refractivity contribution in [2.75, 3.05) is 0 Å². The predicted molar refractivity (Wildman–Crippen MR) is 89.0 cm³/mol. The minimum atomic E-state index is -0.00421. The number of benzene rings is 1. The van der Waals surface area contributed by atoms with E-state index in [9.17, 15) is 4.79 Å². The summed E-state index contributed by atoms with van der Waals surface area (Å²) in [6, 6.07) is 12.5. The maximum absolute atomic E-state index is 12.0. The molecule has 1 aromatic carbocycles. The Bertz CT molecular complexity index is 807. The molecule has 4 nitrogen and oxygen atoms in total. The molecule has 0 aliphatic rings. The number of thiazole rings is 1. The molecule has 3 aromatic rings. The van der Waals surface area contributed by atoms with Crippen molar-refractivity contribution in [3.8, 4) is 0 Å². The lowest BCUT2D eigenvalue weighted by atomic mass is 9.96. The first-order valence-electron chi connectivity index (χ1n) is 7.49. The highest BCUT2D eigenvalue weighted by atomic mass is 32.1. The number of quaternary nitrogens is 1. The van der Waals surface area contributed by atoms with Crippen molar-refractivity contribution in [3.05, 3.63) is 69.6 Å². The van der Waals surface area contributed by atoms with Crippen LogP contribution in [0.5, 0.6) is 0 Å². The molecule has 0 spiro atoms. The lowest BCUT2D eigenvalue weighted by Gasteiger charge is -2.19. The van der Waals surface area contributed by atoms with Gasteiger partial charge in [0.25, 0.3) is 5.56 Å². The SMILES string of the molecule is CC(C)[C@@H]([NH2+]Cc1cc(=O)n2ccsc2n1)c1ccccc1. The van der Waals surface area contributed by atoms with Gasteiger partial charge in [0.2, 0.25) is 0 Å². The zero-order valence-corrected chi connectivity index (χ0v) is 13.6. The van der Waals surface area contributed by atoms with Crippen LogP contribution >= 0.6 is 11.3 Å². The molecule has 0 fully saturated rings. The van der Waals surface area contributed by atoms with Crippen LogP contribution in [0.3, 0.4) is 0 Å². The molecule has 5 heteroatoms. The Morgan fingerprint density at radius 3 is 2.77 bits per heavy atom. The highest BCUT2D eigenvalue weighted by Crippen LogP contribution is 2.17. The summed E-state index contributed by atoms with van der Waals surface area (Å²) in [6.07, 6.45) is 1.77. The highest BCUT2D eigenvalue weighted by molar-refractivity contribution is 7.15. The smallest absolute Gasteiger partial charge is 0.258 e. The third-order valence-electron chi connectivity index (χ3n) is 3.84. The molecule has 22 heavy (non-hydrogen) atoms. The molecule has 0 bridgehead atoms. The standard InChI is InChI=1S/C17H19N3OS/c1-12(2)16(13-6-4-3-5-7-13)18-11-14-10-15(21)20-8-9-22-17(20)19-14/h3-10,12,16,18H,11H2,1-2H3/p+1/t16-/m1/s1. The van der Waals surface area contributed by atoms with Gasteiger partial charge in [0, 0.05) is 29.1 Å². The number of fused-ring (bicyclic) bond motifs is 1. The van der Waals surface area contributed by atoms with E-state index in [1.54, 1.807) is 16.7 Å². The van der Waals surface area contributed by atoms with Crippen LogP contribution in [-0.4, -0.2) is 9.38 Å². The van der Waals surface area contributed by atoms with E-state index in [0.29, 0.717) is 18.5 Å². The molecule has 1 atom stereocenters. The number of hydrogen-bond donors (Lipinski definition) is 1. The first-order valence-corrected chi connectivity index (χ1v) is 8.37. The van der Waals surface area contributed by atoms with Gasteiger partial charge < -0.3 is 5.32 Å². The number of aromatic nitrogens is 2. The van der Waals surface area contributed by atoms with Gasteiger partial charge in [-0.15, -0.1) is 11.3 Å². The Morgan fingerprint density at radius 2 is 2.05 bits per heavy atom. The average Bonchev–Trinajstić information content (AvgIpc) is 2.97. The Balaban J connectivity index is 1.80. The molecule has 0 amide bonds. The molecule has 3 rings (SSSR count). The lowest BCUT2D eigenvalue weighted by Crippen LogP contribution is -2.84. The molecule has 0 unspecified atom stereocenters. The zero-order valence-electron chi connectivity index (χ0n) is 12.8. The van der Waals surface area contributed by atoms with Gasteiger partial charge in [-0.25, -0.2) is 4.98 Å². The maximum atomic E-state index is 12.0. The van der Waals surface area contributed by atoms with E-state index < -0.39 is 0 Å². The molecule has 2 heterocycles. The van der Waals surface area contributed by atoms with E-state index in [1.807, 2.05) is 11.4 Å². The summed E-state index contributed by atoms with van der Waals surface area (Å²) in [6.45, 7) is 5.15. The summed E-state index contributed by atoms with van der Waals surface area (Å²) < 4.78 is 1.59. The van der Waals surface area contributed by atoms with Gasteiger partial charge in [0.1, 0.15) is 18.3 Å². The van der Waals surface area contributed by atoms with Crippen LogP contribution in [0.1, 0.15) is 31.1 Å². The Morgan fingerprint density at radius 1 is 1.27 bits per heavy atom.